The maximum Gasteiger partial charge on any atom is 0.269 e. The second-order valence-electron chi connectivity index (χ2n) is 4.20. The van der Waals surface area contributed by atoms with Crippen molar-refractivity contribution < 1.29 is 4.79 Å². The standard InChI is InChI=1S/C13H18BrClN2O/c1-2-3-10(6-7-15)8-17-13(18)12-5-4-11(14)9-16-12/h4-5,9-10H,2-3,6-8H2,1H3,(H,17,18). The van der Waals surface area contributed by atoms with Gasteiger partial charge in [-0.2, -0.15) is 0 Å². The van der Waals surface area contributed by atoms with Crippen molar-refractivity contribution in [3.63, 3.8) is 0 Å². The van der Waals surface area contributed by atoms with Gasteiger partial charge in [-0.25, -0.2) is 4.98 Å². The van der Waals surface area contributed by atoms with Gasteiger partial charge in [-0.1, -0.05) is 13.3 Å². The van der Waals surface area contributed by atoms with Gasteiger partial charge in [0.1, 0.15) is 5.69 Å². The van der Waals surface area contributed by atoms with E-state index < -0.39 is 0 Å². The molecule has 0 saturated carbocycles. The van der Waals surface area contributed by atoms with Gasteiger partial charge in [0.05, 0.1) is 0 Å². The number of pyridine rings is 1. The number of amides is 1. The molecule has 1 amide bonds. The molecule has 1 atom stereocenters. The highest BCUT2D eigenvalue weighted by Crippen LogP contribution is 2.11. The summed E-state index contributed by atoms with van der Waals surface area (Å²) >= 11 is 9.04. The highest BCUT2D eigenvalue weighted by molar-refractivity contribution is 9.10. The first-order valence-corrected chi connectivity index (χ1v) is 7.45. The number of rotatable bonds is 7. The molecule has 0 aliphatic carbocycles. The van der Waals surface area contributed by atoms with E-state index >= 15 is 0 Å². The number of carbonyl (C=O) groups excluding carboxylic acids is 1. The molecule has 0 saturated heterocycles. The third-order valence-corrected chi connectivity index (χ3v) is 3.41. The van der Waals surface area contributed by atoms with Crippen molar-refractivity contribution in [1.29, 1.82) is 0 Å². The van der Waals surface area contributed by atoms with E-state index in [1.807, 2.05) is 6.07 Å². The molecule has 0 aromatic carbocycles. The van der Waals surface area contributed by atoms with E-state index in [0.29, 0.717) is 24.0 Å². The maximum atomic E-state index is 11.8. The van der Waals surface area contributed by atoms with Gasteiger partial charge in [0.15, 0.2) is 0 Å². The van der Waals surface area contributed by atoms with Crippen molar-refractivity contribution in [3.8, 4) is 0 Å². The number of hydrogen-bond donors (Lipinski definition) is 1. The quantitative estimate of drug-likeness (QED) is 0.774. The van der Waals surface area contributed by atoms with Crippen molar-refractivity contribution in [3.05, 3.63) is 28.5 Å². The van der Waals surface area contributed by atoms with Gasteiger partial charge in [-0.3, -0.25) is 4.79 Å². The van der Waals surface area contributed by atoms with E-state index in [1.54, 1.807) is 12.3 Å². The summed E-state index contributed by atoms with van der Waals surface area (Å²) in [7, 11) is 0. The lowest BCUT2D eigenvalue weighted by Gasteiger charge is -2.15. The zero-order chi connectivity index (χ0) is 13.4. The van der Waals surface area contributed by atoms with Gasteiger partial charge >= 0.3 is 0 Å². The molecule has 0 radical (unpaired) electrons. The Labute approximate surface area is 121 Å². The highest BCUT2D eigenvalue weighted by Gasteiger charge is 2.11. The van der Waals surface area contributed by atoms with Gasteiger partial charge in [-0.05, 0) is 46.8 Å². The fraction of sp³-hybridized carbons (Fsp3) is 0.538. The van der Waals surface area contributed by atoms with Crippen LogP contribution in [0.3, 0.4) is 0 Å². The van der Waals surface area contributed by atoms with Crippen LogP contribution in [0.25, 0.3) is 0 Å². The summed E-state index contributed by atoms with van der Waals surface area (Å²) in [6.45, 7) is 2.80. The zero-order valence-electron chi connectivity index (χ0n) is 10.5. The predicted molar refractivity (Wildman–Crippen MR) is 78.0 cm³/mol. The van der Waals surface area contributed by atoms with E-state index in [-0.39, 0.29) is 5.91 Å². The van der Waals surface area contributed by atoms with Crippen molar-refractivity contribution in [2.45, 2.75) is 26.2 Å². The molecule has 1 aromatic rings. The molecule has 1 N–H and O–H groups in total. The van der Waals surface area contributed by atoms with Crippen LogP contribution in [-0.4, -0.2) is 23.3 Å². The minimum absolute atomic E-state index is 0.127. The van der Waals surface area contributed by atoms with Gasteiger partial charge in [0, 0.05) is 23.1 Å². The second kappa shape index (κ2) is 8.48. The van der Waals surface area contributed by atoms with E-state index in [0.717, 1.165) is 23.7 Å². The zero-order valence-corrected chi connectivity index (χ0v) is 12.8. The number of aromatic nitrogens is 1. The lowest BCUT2D eigenvalue weighted by atomic mass is 10.0. The molecule has 0 spiro atoms. The molecule has 3 nitrogen and oxygen atoms in total. The SMILES string of the molecule is CCCC(CCCl)CNC(=O)c1ccc(Br)cn1. The molecular formula is C13H18BrClN2O. The van der Waals surface area contributed by atoms with Crippen LogP contribution in [0.15, 0.2) is 22.8 Å². The average Bonchev–Trinajstić information content (AvgIpc) is 2.37. The summed E-state index contributed by atoms with van der Waals surface area (Å²) in [4.78, 5) is 15.9. The van der Waals surface area contributed by atoms with Crippen LogP contribution in [0.1, 0.15) is 36.7 Å². The van der Waals surface area contributed by atoms with E-state index in [2.05, 4.69) is 33.2 Å². The molecule has 100 valence electrons. The molecule has 1 rings (SSSR count). The second-order valence-corrected chi connectivity index (χ2v) is 5.50. The molecule has 0 aliphatic rings. The molecular weight excluding hydrogens is 316 g/mol. The van der Waals surface area contributed by atoms with E-state index in [4.69, 9.17) is 11.6 Å². The number of carbonyl (C=O) groups is 1. The first-order chi connectivity index (χ1) is 8.67. The largest absolute Gasteiger partial charge is 0.350 e. The fourth-order valence-electron chi connectivity index (χ4n) is 1.75. The average molecular weight is 334 g/mol. The molecule has 1 aromatic heterocycles. The van der Waals surface area contributed by atoms with Gasteiger partial charge < -0.3 is 5.32 Å². The third-order valence-electron chi connectivity index (χ3n) is 2.73. The van der Waals surface area contributed by atoms with Gasteiger partial charge in [0.25, 0.3) is 5.91 Å². The fourth-order valence-corrected chi connectivity index (χ4v) is 2.29. The maximum absolute atomic E-state index is 11.8. The van der Waals surface area contributed by atoms with E-state index in [1.165, 1.54) is 0 Å². The van der Waals surface area contributed by atoms with Crippen LogP contribution in [-0.2, 0) is 0 Å². The Morgan fingerprint density at radius 2 is 2.28 bits per heavy atom. The van der Waals surface area contributed by atoms with Crippen molar-refractivity contribution in [2.75, 3.05) is 12.4 Å². The summed E-state index contributed by atoms with van der Waals surface area (Å²) in [6, 6.07) is 3.51. The Bertz CT molecular complexity index is 364. The van der Waals surface area contributed by atoms with Crippen molar-refractivity contribution >= 4 is 33.4 Å². The topological polar surface area (TPSA) is 42.0 Å². The van der Waals surface area contributed by atoms with Crippen molar-refractivity contribution in [2.24, 2.45) is 5.92 Å². The summed E-state index contributed by atoms with van der Waals surface area (Å²) in [5.74, 6) is 0.960. The number of nitrogens with zero attached hydrogens (tertiary/aromatic N) is 1. The predicted octanol–water partition coefficient (Wildman–Crippen LogP) is 3.62. The summed E-state index contributed by atoms with van der Waals surface area (Å²) < 4.78 is 0.866. The number of hydrogen-bond acceptors (Lipinski definition) is 2. The molecule has 0 aliphatic heterocycles. The molecule has 5 heteroatoms. The van der Waals surface area contributed by atoms with Crippen LogP contribution >= 0.6 is 27.5 Å². The highest BCUT2D eigenvalue weighted by atomic mass is 79.9. The Morgan fingerprint density at radius 1 is 1.50 bits per heavy atom. The monoisotopic (exact) mass is 332 g/mol. The third kappa shape index (κ3) is 5.36. The lowest BCUT2D eigenvalue weighted by molar-refractivity contribution is 0.0941. The summed E-state index contributed by atoms with van der Waals surface area (Å²) in [6.07, 6.45) is 4.75. The van der Waals surface area contributed by atoms with Crippen molar-refractivity contribution in [1.82, 2.24) is 10.3 Å². The summed E-state index contributed by atoms with van der Waals surface area (Å²) in [5, 5.41) is 2.91. The van der Waals surface area contributed by atoms with Gasteiger partial charge in [-0.15, -0.1) is 11.6 Å². The molecule has 0 fully saturated rings. The van der Waals surface area contributed by atoms with Crippen LogP contribution < -0.4 is 5.32 Å². The Balaban J connectivity index is 2.46. The normalized spacial score (nSPS) is 12.2. The number of nitrogens with one attached hydrogen (secondary N) is 1. The first-order valence-electron chi connectivity index (χ1n) is 6.13. The Morgan fingerprint density at radius 3 is 2.83 bits per heavy atom. The van der Waals surface area contributed by atoms with Crippen LogP contribution in [0.2, 0.25) is 0 Å². The van der Waals surface area contributed by atoms with Crippen LogP contribution in [0.4, 0.5) is 0 Å². The van der Waals surface area contributed by atoms with Crippen LogP contribution in [0, 0.1) is 5.92 Å². The molecule has 18 heavy (non-hydrogen) atoms. The minimum atomic E-state index is -0.127. The lowest BCUT2D eigenvalue weighted by Crippen LogP contribution is -2.30. The Hall–Kier alpha value is -0.610. The molecule has 0 bridgehead atoms. The summed E-state index contributed by atoms with van der Waals surface area (Å²) in [5.41, 5.74) is 0.444. The number of halogens is 2. The molecule has 1 heterocycles. The first kappa shape index (κ1) is 15.4. The van der Waals surface area contributed by atoms with Crippen LogP contribution in [0.5, 0.6) is 0 Å². The van der Waals surface area contributed by atoms with Gasteiger partial charge in [0.2, 0.25) is 0 Å². The minimum Gasteiger partial charge on any atom is -0.350 e. The van der Waals surface area contributed by atoms with E-state index in [9.17, 15) is 4.79 Å². The molecule has 1 unspecified atom stereocenters. The Kier molecular flexibility index (Phi) is 7.28. The smallest absolute Gasteiger partial charge is 0.269 e. The number of alkyl halides is 1.